The molecule has 0 spiro atoms. The number of thiophene rings is 1. The molecule has 0 atom stereocenters. The number of aryl methyl sites for hydroxylation is 1. The second-order valence-electron chi connectivity index (χ2n) is 7.64. The zero-order valence-corrected chi connectivity index (χ0v) is 20.9. The first-order valence-corrected chi connectivity index (χ1v) is 12.5. The quantitative estimate of drug-likeness (QED) is 0.231. The van der Waals surface area contributed by atoms with Gasteiger partial charge in [-0.15, -0.1) is 28.1 Å². The van der Waals surface area contributed by atoms with Gasteiger partial charge in [-0.1, -0.05) is 56.0 Å². The lowest BCUT2D eigenvalue weighted by molar-refractivity contribution is -0.113. The zero-order chi connectivity index (χ0) is 24.0. The van der Waals surface area contributed by atoms with Gasteiger partial charge in [-0.25, -0.2) is 4.79 Å². The molecule has 0 aliphatic rings. The van der Waals surface area contributed by atoms with E-state index in [0.29, 0.717) is 28.2 Å². The molecule has 0 aliphatic carbocycles. The number of nitrogens with zero attached hydrogens (tertiary/aromatic N) is 3. The fraction of sp³-hybridized carbons (Fsp3) is 0.333. The van der Waals surface area contributed by atoms with Gasteiger partial charge in [0.05, 0.1) is 17.9 Å². The molecule has 33 heavy (non-hydrogen) atoms. The number of allylic oxidation sites excluding steroid dienone is 1. The summed E-state index contributed by atoms with van der Waals surface area (Å²) in [7, 11) is 0. The Morgan fingerprint density at radius 3 is 2.64 bits per heavy atom. The number of anilines is 1. The topological polar surface area (TPSA) is 86.1 Å². The standard InChI is InChI=1S/C24H28N4O3S2/c1-6-12-28-21(18-10-8-17(9-11-18)15(3)4)26-27-24(28)32-14-20(29)25-22-19(13-16(5)33-22)23(30)31-7-2/h6,8-11,13,15H,1,7,12,14H2,2-5H3,(H,25,29). The van der Waals surface area contributed by atoms with Crippen molar-refractivity contribution in [1.82, 2.24) is 14.8 Å². The molecule has 0 radical (unpaired) electrons. The average molecular weight is 485 g/mol. The predicted molar refractivity (Wildman–Crippen MR) is 134 cm³/mol. The fourth-order valence-electron chi connectivity index (χ4n) is 3.18. The van der Waals surface area contributed by atoms with Crippen molar-refractivity contribution >= 4 is 40.0 Å². The normalized spacial score (nSPS) is 10.9. The number of aromatic nitrogens is 3. The lowest BCUT2D eigenvalue weighted by Crippen LogP contribution is -2.16. The summed E-state index contributed by atoms with van der Waals surface area (Å²) in [6.07, 6.45) is 1.78. The molecule has 0 aliphatic heterocycles. The number of hydrogen-bond donors (Lipinski definition) is 1. The van der Waals surface area contributed by atoms with Gasteiger partial charge >= 0.3 is 5.97 Å². The van der Waals surface area contributed by atoms with Crippen molar-refractivity contribution in [3.63, 3.8) is 0 Å². The van der Waals surface area contributed by atoms with Gasteiger partial charge in [-0.3, -0.25) is 9.36 Å². The van der Waals surface area contributed by atoms with Crippen LogP contribution in [0.25, 0.3) is 11.4 Å². The van der Waals surface area contributed by atoms with E-state index >= 15 is 0 Å². The molecular weight excluding hydrogens is 456 g/mol. The number of amides is 1. The van der Waals surface area contributed by atoms with Crippen molar-refractivity contribution in [2.75, 3.05) is 17.7 Å². The van der Waals surface area contributed by atoms with Gasteiger partial charge in [0.1, 0.15) is 5.00 Å². The fourth-order valence-corrected chi connectivity index (χ4v) is 4.84. The number of nitrogens with one attached hydrogen (secondary N) is 1. The van der Waals surface area contributed by atoms with Crippen molar-refractivity contribution < 1.29 is 14.3 Å². The van der Waals surface area contributed by atoms with Crippen molar-refractivity contribution in [1.29, 1.82) is 0 Å². The molecule has 3 rings (SSSR count). The first-order valence-electron chi connectivity index (χ1n) is 10.7. The molecule has 1 N–H and O–H groups in total. The molecule has 3 aromatic rings. The third-order valence-corrected chi connectivity index (χ3v) is 6.73. The number of ether oxygens (including phenoxy) is 1. The van der Waals surface area contributed by atoms with Crippen LogP contribution < -0.4 is 5.32 Å². The van der Waals surface area contributed by atoms with Crippen LogP contribution in [0.2, 0.25) is 0 Å². The van der Waals surface area contributed by atoms with E-state index in [-0.39, 0.29) is 18.3 Å². The molecule has 0 saturated carbocycles. The monoisotopic (exact) mass is 484 g/mol. The number of carbonyl (C=O) groups is 2. The second kappa shape index (κ2) is 11.3. The molecule has 0 fully saturated rings. The van der Waals surface area contributed by atoms with Crippen LogP contribution in [0.3, 0.4) is 0 Å². The van der Waals surface area contributed by atoms with Crippen LogP contribution in [0.5, 0.6) is 0 Å². The van der Waals surface area contributed by atoms with Crippen molar-refractivity contribution in [2.45, 2.75) is 45.3 Å². The summed E-state index contributed by atoms with van der Waals surface area (Å²) >= 11 is 2.63. The molecule has 2 aromatic heterocycles. The summed E-state index contributed by atoms with van der Waals surface area (Å²) in [4.78, 5) is 25.7. The number of thioether (sulfide) groups is 1. The van der Waals surface area contributed by atoms with Gasteiger partial charge in [-0.2, -0.15) is 0 Å². The van der Waals surface area contributed by atoms with Gasteiger partial charge in [0.15, 0.2) is 11.0 Å². The first kappa shape index (κ1) is 24.7. The molecule has 174 valence electrons. The summed E-state index contributed by atoms with van der Waals surface area (Å²) in [5.74, 6) is 0.630. The first-order chi connectivity index (χ1) is 15.8. The molecule has 7 nitrogen and oxygen atoms in total. The van der Waals surface area contributed by atoms with Gasteiger partial charge in [0, 0.05) is 17.0 Å². The summed E-state index contributed by atoms with van der Waals surface area (Å²) in [5, 5.41) is 12.6. The number of rotatable bonds is 10. The highest BCUT2D eigenvalue weighted by molar-refractivity contribution is 7.99. The number of esters is 1. The van der Waals surface area contributed by atoms with Crippen molar-refractivity contribution in [3.05, 3.63) is 59.0 Å². The van der Waals surface area contributed by atoms with Crippen LogP contribution >= 0.6 is 23.1 Å². The van der Waals surface area contributed by atoms with Crippen LogP contribution in [0.15, 0.2) is 48.1 Å². The highest BCUT2D eigenvalue weighted by Gasteiger charge is 2.19. The van der Waals surface area contributed by atoms with Crippen molar-refractivity contribution in [3.8, 4) is 11.4 Å². The third-order valence-electron chi connectivity index (χ3n) is 4.80. The van der Waals surface area contributed by atoms with E-state index in [0.717, 1.165) is 16.3 Å². The maximum atomic E-state index is 12.6. The minimum Gasteiger partial charge on any atom is -0.462 e. The van der Waals surface area contributed by atoms with E-state index in [1.807, 2.05) is 23.6 Å². The maximum absolute atomic E-state index is 12.6. The Labute approximate surface area is 202 Å². The number of hydrogen-bond acceptors (Lipinski definition) is 7. The highest BCUT2D eigenvalue weighted by atomic mass is 32.2. The molecule has 0 unspecified atom stereocenters. The average Bonchev–Trinajstić information content (AvgIpc) is 3.35. The van der Waals surface area contributed by atoms with E-state index in [1.54, 1.807) is 19.1 Å². The third kappa shape index (κ3) is 6.11. The van der Waals surface area contributed by atoms with Crippen LogP contribution in [-0.4, -0.2) is 39.0 Å². The lowest BCUT2D eigenvalue weighted by atomic mass is 10.0. The molecule has 0 saturated heterocycles. The summed E-state index contributed by atoms with van der Waals surface area (Å²) in [6.45, 7) is 12.6. The molecule has 2 heterocycles. The summed E-state index contributed by atoms with van der Waals surface area (Å²) < 4.78 is 7.02. The number of carbonyl (C=O) groups excluding carboxylic acids is 2. The number of benzene rings is 1. The van der Waals surface area contributed by atoms with Gasteiger partial charge < -0.3 is 10.1 Å². The van der Waals surface area contributed by atoms with Crippen LogP contribution in [0.1, 0.15) is 47.5 Å². The van der Waals surface area contributed by atoms with E-state index in [1.165, 1.54) is 28.7 Å². The predicted octanol–water partition coefficient (Wildman–Crippen LogP) is 5.53. The zero-order valence-electron chi connectivity index (χ0n) is 19.3. The molecule has 0 bridgehead atoms. The van der Waals surface area contributed by atoms with Crippen LogP contribution in [-0.2, 0) is 16.1 Å². The smallest absolute Gasteiger partial charge is 0.341 e. The molecule has 9 heteroatoms. The van der Waals surface area contributed by atoms with Gasteiger partial charge in [0.25, 0.3) is 0 Å². The molecular formula is C24H28N4O3S2. The van der Waals surface area contributed by atoms with E-state index in [4.69, 9.17) is 4.74 Å². The minimum absolute atomic E-state index is 0.126. The maximum Gasteiger partial charge on any atom is 0.341 e. The Morgan fingerprint density at radius 2 is 2.00 bits per heavy atom. The molecule has 1 amide bonds. The van der Waals surface area contributed by atoms with E-state index < -0.39 is 5.97 Å². The van der Waals surface area contributed by atoms with Crippen LogP contribution in [0.4, 0.5) is 5.00 Å². The molecule has 1 aromatic carbocycles. The van der Waals surface area contributed by atoms with Crippen LogP contribution in [0, 0.1) is 6.92 Å². The Kier molecular flexibility index (Phi) is 8.46. The summed E-state index contributed by atoms with van der Waals surface area (Å²) in [6, 6.07) is 9.99. The summed E-state index contributed by atoms with van der Waals surface area (Å²) in [5.41, 5.74) is 2.59. The Morgan fingerprint density at radius 1 is 1.27 bits per heavy atom. The Balaban J connectivity index is 1.72. The second-order valence-corrected chi connectivity index (χ2v) is 9.84. The van der Waals surface area contributed by atoms with E-state index in [9.17, 15) is 9.59 Å². The lowest BCUT2D eigenvalue weighted by Gasteiger charge is -2.10. The van der Waals surface area contributed by atoms with Crippen molar-refractivity contribution in [2.24, 2.45) is 0 Å². The van der Waals surface area contributed by atoms with E-state index in [2.05, 4.69) is 48.1 Å². The largest absolute Gasteiger partial charge is 0.462 e. The highest BCUT2D eigenvalue weighted by Crippen LogP contribution is 2.29. The van der Waals surface area contributed by atoms with Gasteiger partial charge in [0.2, 0.25) is 5.91 Å². The SMILES string of the molecule is C=CCn1c(SCC(=O)Nc2sc(C)cc2C(=O)OCC)nnc1-c1ccc(C(C)C)cc1. The minimum atomic E-state index is -0.441. The Bertz CT molecular complexity index is 1130. The van der Waals surface area contributed by atoms with Gasteiger partial charge in [-0.05, 0) is 31.4 Å². The Hall–Kier alpha value is -2.91.